The Morgan fingerprint density at radius 1 is 1.35 bits per heavy atom. The van der Waals surface area contributed by atoms with Gasteiger partial charge >= 0.3 is 0 Å². The summed E-state index contributed by atoms with van der Waals surface area (Å²) in [6.45, 7) is 1.10. The van der Waals surface area contributed by atoms with Crippen LogP contribution in [-0.2, 0) is 10.0 Å². The summed E-state index contributed by atoms with van der Waals surface area (Å²) in [5.74, 6) is -0.0414. The molecule has 2 aromatic rings. The number of hydrogen-bond donors (Lipinski definition) is 1. The van der Waals surface area contributed by atoms with Gasteiger partial charge in [-0.1, -0.05) is 12.1 Å². The number of aromatic nitrogens is 2. The minimum atomic E-state index is -3.20. The molecule has 2 heterocycles. The van der Waals surface area contributed by atoms with Gasteiger partial charge in [0.15, 0.2) is 0 Å². The summed E-state index contributed by atoms with van der Waals surface area (Å²) >= 11 is 0. The fourth-order valence-corrected chi connectivity index (χ4v) is 3.77. The topological polar surface area (TPSA) is 86.4 Å². The zero-order chi connectivity index (χ0) is 16.6. The molecule has 3 rings (SSSR count). The van der Waals surface area contributed by atoms with Crippen molar-refractivity contribution in [3.63, 3.8) is 0 Å². The minimum absolute atomic E-state index is 0.0414. The molecule has 7 nitrogen and oxygen atoms in total. The highest BCUT2D eigenvalue weighted by Gasteiger charge is 2.29. The van der Waals surface area contributed by atoms with Crippen LogP contribution in [0.5, 0.6) is 0 Å². The van der Waals surface area contributed by atoms with E-state index in [1.165, 1.54) is 10.6 Å². The molecule has 0 saturated carbocycles. The van der Waals surface area contributed by atoms with Gasteiger partial charge in [0.05, 0.1) is 23.5 Å². The number of likely N-dealkylation sites (tertiary alicyclic amines) is 1. The van der Waals surface area contributed by atoms with Gasteiger partial charge in [0, 0.05) is 31.6 Å². The second-order valence-corrected chi connectivity index (χ2v) is 7.98. The first-order chi connectivity index (χ1) is 10.9. The van der Waals surface area contributed by atoms with Crippen LogP contribution in [0, 0.1) is 0 Å². The predicted octanol–water partition coefficient (Wildman–Crippen LogP) is 1.06. The molecule has 1 aromatic heterocycles. The minimum Gasteiger partial charge on any atom is -0.338 e. The van der Waals surface area contributed by atoms with Crippen LogP contribution in [0.25, 0.3) is 10.9 Å². The maximum Gasteiger partial charge on any atom is 0.256 e. The Morgan fingerprint density at radius 3 is 2.70 bits per heavy atom. The lowest BCUT2D eigenvalue weighted by atomic mass is 10.0. The second kappa shape index (κ2) is 5.93. The summed E-state index contributed by atoms with van der Waals surface area (Å²) < 4.78 is 24.6. The third kappa shape index (κ3) is 3.09. The molecule has 124 valence electrons. The van der Waals surface area contributed by atoms with Crippen molar-refractivity contribution in [2.45, 2.75) is 18.9 Å². The van der Waals surface area contributed by atoms with Crippen molar-refractivity contribution in [1.82, 2.24) is 19.4 Å². The lowest BCUT2D eigenvalue weighted by molar-refractivity contribution is 0.0688. The van der Waals surface area contributed by atoms with Crippen LogP contribution in [0.2, 0.25) is 0 Å². The molecule has 1 amide bonds. The van der Waals surface area contributed by atoms with Crippen molar-refractivity contribution in [1.29, 1.82) is 0 Å². The van der Waals surface area contributed by atoms with E-state index in [0.29, 0.717) is 31.5 Å². The molecular formula is C15H20N4O3S. The van der Waals surface area contributed by atoms with Crippen LogP contribution in [0.3, 0.4) is 0 Å². The van der Waals surface area contributed by atoms with Gasteiger partial charge in [0.1, 0.15) is 0 Å². The van der Waals surface area contributed by atoms with E-state index >= 15 is 0 Å². The molecule has 0 radical (unpaired) electrons. The van der Waals surface area contributed by atoms with Gasteiger partial charge in [-0.2, -0.15) is 5.10 Å². The van der Waals surface area contributed by atoms with Gasteiger partial charge in [-0.05, 0) is 18.9 Å². The Morgan fingerprint density at radius 2 is 2.04 bits per heavy atom. The van der Waals surface area contributed by atoms with Gasteiger partial charge < -0.3 is 4.90 Å². The van der Waals surface area contributed by atoms with Crippen molar-refractivity contribution in [2.24, 2.45) is 0 Å². The summed E-state index contributed by atoms with van der Waals surface area (Å²) in [5.41, 5.74) is 1.35. The van der Waals surface area contributed by atoms with Crippen LogP contribution >= 0.6 is 0 Å². The van der Waals surface area contributed by atoms with E-state index in [2.05, 4.69) is 10.2 Å². The maximum atomic E-state index is 12.7. The highest BCUT2D eigenvalue weighted by Crippen LogP contribution is 2.22. The van der Waals surface area contributed by atoms with Gasteiger partial charge in [-0.25, -0.2) is 12.7 Å². The molecule has 1 aliphatic rings. The number of H-pyrrole nitrogens is 1. The molecule has 1 aliphatic heterocycles. The van der Waals surface area contributed by atoms with Gasteiger partial charge in [-0.3, -0.25) is 9.89 Å². The number of nitrogens with zero attached hydrogens (tertiary/aromatic N) is 3. The Labute approximate surface area is 135 Å². The third-order valence-corrected chi connectivity index (χ3v) is 5.84. The largest absolute Gasteiger partial charge is 0.338 e. The monoisotopic (exact) mass is 336 g/mol. The molecule has 1 fully saturated rings. The van der Waals surface area contributed by atoms with Crippen LogP contribution < -0.4 is 0 Å². The maximum absolute atomic E-state index is 12.7. The van der Waals surface area contributed by atoms with Crippen LogP contribution in [0.4, 0.5) is 0 Å². The molecule has 23 heavy (non-hydrogen) atoms. The highest BCUT2D eigenvalue weighted by atomic mass is 32.2. The second-order valence-electron chi connectivity index (χ2n) is 5.94. The number of carbonyl (C=O) groups excluding carboxylic acids is 1. The van der Waals surface area contributed by atoms with Crippen molar-refractivity contribution >= 4 is 26.8 Å². The van der Waals surface area contributed by atoms with E-state index in [9.17, 15) is 13.2 Å². The fourth-order valence-electron chi connectivity index (χ4n) is 3.02. The number of amides is 1. The number of aromatic amines is 1. The van der Waals surface area contributed by atoms with E-state index in [1.807, 2.05) is 12.1 Å². The molecule has 0 atom stereocenters. The molecule has 8 heteroatoms. The lowest BCUT2D eigenvalue weighted by Gasteiger charge is -2.35. The van der Waals surface area contributed by atoms with E-state index in [1.54, 1.807) is 24.2 Å². The van der Waals surface area contributed by atoms with Gasteiger partial charge in [-0.15, -0.1) is 0 Å². The average molecular weight is 336 g/mol. The molecule has 0 spiro atoms. The predicted molar refractivity (Wildman–Crippen MR) is 87.6 cm³/mol. The molecule has 0 bridgehead atoms. The first-order valence-electron chi connectivity index (χ1n) is 7.52. The lowest BCUT2D eigenvalue weighted by Crippen LogP contribution is -2.47. The van der Waals surface area contributed by atoms with E-state index in [0.717, 1.165) is 10.9 Å². The van der Waals surface area contributed by atoms with Crippen molar-refractivity contribution in [3.05, 3.63) is 30.0 Å². The summed E-state index contributed by atoms with van der Waals surface area (Å²) in [5, 5.41) is 7.76. The number of fused-ring (bicyclic) bond motifs is 1. The normalized spacial score (nSPS) is 17.1. The van der Waals surface area contributed by atoms with Crippen molar-refractivity contribution in [2.75, 3.05) is 26.4 Å². The first-order valence-corrected chi connectivity index (χ1v) is 9.37. The number of para-hydroxylation sites is 1. The van der Waals surface area contributed by atoms with Crippen molar-refractivity contribution < 1.29 is 13.2 Å². The van der Waals surface area contributed by atoms with E-state index in [4.69, 9.17) is 0 Å². The number of piperidine rings is 1. The molecular weight excluding hydrogens is 316 g/mol. The van der Waals surface area contributed by atoms with Crippen LogP contribution in [0.15, 0.2) is 24.4 Å². The third-order valence-electron chi connectivity index (χ3n) is 4.50. The average Bonchev–Trinajstić information content (AvgIpc) is 3.01. The standard InChI is InChI=1S/C15H20N4O3S/c1-18(23(2,21)22)12-6-8-19(9-7-12)15(20)13-5-3-4-11-10-16-17-14(11)13/h3-5,10,12H,6-9H2,1-2H3,(H,16,17). The quantitative estimate of drug-likeness (QED) is 0.908. The molecule has 1 saturated heterocycles. The van der Waals surface area contributed by atoms with Gasteiger partial charge in [0.25, 0.3) is 5.91 Å². The number of hydrogen-bond acceptors (Lipinski definition) is 4. The SMILES string of the molecule is CN(C1CCN(C(=O)c2cccc3cn[nH]c23)CC1)S(C)(=O)=O. The van der Waals surface area contributed by atoms with Crippen LogP contribution in [0.1, 0.15) is 23.2 Å². The zero-order valence-electron chi connectivity index (χ0n) is 13.2. The Hall–Kier alpha value is -1.93. The number of carbonyl (C=O) groups is 1. The summed E-state index contributed by atoms with van der Waals surface area (Å²) in [6, 6.07) is 5.49. The molecule has 1 N–H and O–H groups in total. The molecule has 1 aromatic carbocycles. The molecule has 0 aliphatic carbocycles. The number of nitrogens with one attached hydrogen (secondary N) is 1. The Bertz CT molecular complexity index is 822. The molecule has 0 unspecified atom stereocenters. The number of benzene rings is 1. The fraction of sp³-hybridized carbons (Fsp3) is 0.467. The highest BCUT2D eigenvalue weighted by molar-refractivity contribution is 7.88. The summed E-state index contributed by atoms with van der Waals surface area (Å²) in [7, 11) is -1.60. The Kier molecular flexibility index (Phi) is 4.11. The van der Waals surface area contributed by atoms with E-state index < -0.39 is 10.0 Å². The smallest absolute Gasteiger partial charge is 0.256 e. The summed E-state index contributed by atoms with van der Waals surface area (Å²) in [6.07, 6.45) is 4.20. The van der Waals surface area contributed by atoms with E-state index in [-0.39, 0.29) is 11.9 Å². The Balaban J connectivity index is 1.73. The zero-order valence-corrected chi connectivity index (χ0v) is 14.0. The number of rotatable bonds is 3. The number of sulfonamides is 1. The first kappa shape index (κ1) is 15.9. The van der Waals surface area contributed by atoms with Crippen LogP contribution in [-0.4, -0.2) is 66.2 Å². The van der Waals surface area contributed by atoms with Gasteiger partial charge in [0.2, 0.25) is 10.0 Å². The summed E-state index contributed by atoms with van der Waals surface area (Å²) in [4.78, 5) is 14.5. The van der Waals surface area contributed by atoms with Crippen molar-refractivity contribution in [3.8, 4) is 0 Å².